The minimum absolute atomic E-state index is 0.656. The van der Waals surface area contributed by atoms with E-state index in [1.165, 1.54) is 45.1 Å². The molecule has 0 aromatic heterocycles. The van der Waals surface area contributed by atoms with Gasteiger partial charge in [0.1, 0.15) is 0 Å². The highest BCUT2D eigenvalue weighted by molar-refractivity contribution is 4.92. The van der Waals surface area contributed by atoms with E-state index >= 15 is 0 Å². The first-order chi connectivity index (χ1) is 9.15. The highest BCUT2D eigenvalue weighted by Crippen LogP contribution is 2.48. The van der Waals surface area contributed by atoms with Gasteiger partial charge in [-0.2, -0.15) is 0 Å². The SMILES string of the molecule is CCCNC(CC)C(C)N(C)CC1CC2CCC1C2. The van der Waals surface area contributed by atoms with Gasteiger partial charge >= 0.3 is 0 Å². The van der Waals surface area contributed by atoms with Crippen molar-refractivity contribution >= 4 is 0 Å². The van der Waals surface area contributed by atoms with Crippen molar-refractivity contribution < 1.29 is 0 Å². The van der Waals surface area contributed by atoms with Gasteiger partial charge in [-0.3, -0.25) is 0 Å². The first-order valence-electron chi connectivity index (χ1n) is 8.59. The summed E-state index contributed by atoms with van der Waals surface area (Å²) in [5.41, 5.74) is 0. The quantitative estimate of drug-likeness (QED) is 0.723. The fourth-order valence-electron chi connectivity index (χ4n) is 4.43. The monoisotopic (exact) mass is 266 g/mol. The van der Waals surface area contributed by atoms with Crippen molar-refractivity contribution in [1.29, 1.82) is 0 Å². The molecule has 2 aliphatic rings. The summed E-state index contributed by atoms with van der Waals surface area (Å²) in [6, 6.07) is 1.32. The van der Waals surface area contributed by atoms with Crippen LogP contribution in [0.4, 0.5) is 0 Å². The maximum absolute atomic E-state index is 3.72. The molecule has 0 heterocycles. The Balaban J connectivity index is 1.79. The molecule has 2 saturated carbocycles. The second-order valence-corrected chi connectivity index (χ2v) is 7.08. The number of likely N-dealkylation sites (N-methyl/N-ethyl adjacent to an activating group) is 1. The van der Waals surface area contributed by atoms with Crippen LogP contribution in [0.3, 0.4) is 0 Å². The van der Waals surface area contributed by atoms with E-state index in [2.05, 4.69) is 38.0 Å². The molecule has 2 heteroatoms. The average molecular weight is 266 g/mol. The van der Waals surface area contributed by atoms with Crippen molar-refractivity contribution in [3.8, 4) is 0 Å². The molecule has 0 spiro atoms. The maximum Gasteiger partial charge on any atom is 0.0218 e. The molecule has 2 rings (SSSR count). The molecule has 19 heavy (non-hydrogen) atoms. The van der Waals surface area contributed by atoms with Crippen LogP contribution in [0.1, 0.15) is 59.3 Å². The summed E-state index contributed by atoms with van der Waals surface area (Å²) in [5.74, 6) is 3.14. The molecule has 0 aliphatic heterocycles. The fraction of sp³-hybridized carbons (Fsp3) is 1.00. The molecule has 0 aromatic carbocycles. The van der Waals surface area contributed by atoms with Gasteiger partial charge in [-0.1, -0.05) is 20.3 Å². The Hall–Kier alpha value is -0.0800. The predicted octanol–water partition coefficient (Wildman–Crippen LogP) is 3.52. The van der Waals surface area contributed by atoms with Crippen molar-refractivity contribution in [1.82, 2.24) is 10.2 Å². The minimum atomic E-state index is 0.656. The third-order valence-electron chi connectivity index (χ3n) is 5.78. The first-order valence-corrected chi connectivity index (χ1v) is 8.59. The second kappa shape index (κ2) is 7.08. The predicted molar refractivity (Wildman–Crippen MR) is 83.4 cm³/mol. The molecule has 2 aliphatic carbocycles. The molecule has 0 saturated heterocycles. The zero-order valence-corrected chi connectivity index (χ0v) is 13.5. The third-order valence-corrected chi connectivity index (χ3v) is 5.78. The van der Waals surface area contributed by atoms with Crippen LogP contribution in [0.25, 0.3) is 0 Å². The Bertz CT molecular complexity index is 266. The number of rotatable bonds is 8. The van der Waals surface area contributed by atoms with Gasteiger partial charge in [0.15, 0.2) is 0 Å². The Morgan fingerprint density at radius 1 is 1.21 bits per heavy atom. The second-order valence-electron chi connectivity index (χ2n) is 7.08. The summed E-state index contributed by atoms with van der Waals surface area (Å²) in [6.07, 6.45) is 8.57. The molecule has 1 N–H and O–H groups in total. The molecule has 0 aromatic rings. The molecule has 112 valence electrons. The lowest BCUT2D eigenvalue weighted by atomic mass is 9.88. The molecule has 2 fully saturated rings. The molecule has 2 bridgehead atoms. The molecule has 0 radical (unpaired) electrons. The van der Waals surface area contributed by atoms with Gasteiger partial charge in [0.25, 0.3) is 0 Å². The molecule has 2 nitrogen and oxygen atoms in total. The van der Waals surface area contributed by atoms with Gasteiger partial charge in [0.2, 0.25) is 0 Å². The zero-order valence-electron chi connectivity index (χ0n) is 13.5. The number of nitrogens with one attached hydrogen (secondary N) is 1. The van der Waals surface area contributed by atoms with E-state index in [4.69, 9.17) is 0 Å². The number of fused-ring (bicyclic) bond motifs is 2. The third kappa shape index (κ3) is 3.72. The van der Waals surface area contributed by atoms with Gasteiger partial charge in [0.05, 0.1) is 0 Å². The Morgan fingerprint density at radius 3 is 2.53 bits per heavy atom. The van der Waals surface area contributed by atoms with Crippen LogP contribution in [0, 0.1) is 17.8 Å². The van der Waals surface area contributed by atoms with E-state index in [1.807, 2.05) is 0 Å². The standard InChI is InChI=1S/C17H34N2/c1-5-9-18-17(6-2)13(3)19(4)12-16-11-14-7-8-15(16)10-14/h13-18H,5-12H2,1-4H3. The molecular formula is C17H34N2. The lowest BCUT2D eigenvalue weighted by molar-refractivity contribution is 0.152. The van der Waals surface area contributed by atoms with Crippen LogP contribution < -0.4 is 5.32 Å². The van der Waals surface area contributed by atoms with Crippen LogP contribution in [0.2, 0.25) is 0 Å². The van der Waals surface area contributed by atoms with Crippen molar-refractivity contribution in [2.45, 2.75) is 71.4 Å². The van der Waals surface area contributed by atoms with E-state index in [1.54, 1.807) is 0 Å². The van der Waals surface area contributed by atoms with Crippen LogP contribution in [0.5, 0.6) is 0 Å². The molecule has 0 amide bonds. The number of hydrogen-bond donors (Lipinski definition) is 1. The highest BCUT2D eigenvalue weighted by Gasteiger charge is 2.40. The van der Waals surface area contributed by atoms with E-state index in [9.17, 15) is 0 Å². The van der Waals surface area contributed by atoms with Gasteiger partial charge in [0, 0.05) is 18.6 Å². The minimum Gasteiger partial charge on any atom is -0.312 e. The van der Waals surface area contributed by atoms with E-state index in [0.29, 0.717) is 12.1 Å². The summed E-state index contributed by atoms with van der Waals surface area (Å²) >= 11 is 0. The topological polar surface area (TPSA) is 15.3 Å². The lowest BCUT2D eigenvalue weighted by Gasteiger charge is -2.35. The van der Waals surface area contributed by atoms with Crippen molar-refractivity contribution in [2.75, 3.05) is 20.1 Å². The average Bonchev–Trinajstić information content (AvgIpc) is 3.01. The highest BCUT2D eigenvalue weighted by atomic mass is 15.2. The zero-order chi connectivity index (χ0) is 13.8. The van der Waals surface area contributed by atoms with Gasteiger partial charge < -0.3 is 10.2 Å². The van der Waals surface area contributed by atoms with Crippen LogP contribution >= 0.6 is 0 Å². The fourth-order valence-corrected chi connectivity index (χ4v) is 4.43. The van der Waals surface area contributed by atoms with E-state index < -0.39 is 0 Å². The lowest BCUT2D eigenvalue weighted by Crippen LogP contribution is -2.48. The summed E-state index contributed by atoms with van der Waals surface area (Å²) in [5, 5.41) is 3.72. The Kier molecular flexibility index (Phi) is 5.70. The van der Waals surface area contributed by atoms with E-state index in [-0.39, 0.29) is 0 Å². The summed E-state index contributed by atoms with van der Waals surface area (Å²) in [7, 11) is 2.34. The Labute approximate surface area is 120 Å². The smallest absolute Gasteiger partial charge is 0.0218 e. The Morgan fingerprint density at radius 2 is 2.00 bits per heavy atom. The molecule has 5 unspecified atom stereocenters. The van der Waals surface area contributed by atoms with Gasteiger partial charge in [-0.15, -0.1) is 0 Å². The largest absolute Gasteiger partial charge is 0.312 e. The van der Waals surface area contributed by atoms with Crippen LogP contribution in [0.15, 0.2) is 0 Å². The first kappa shape index (κ1) is 15.3. The number of nitrogens with zero attached hydrogens (tertiary/aromatic N) is 1. The molecule has 5 atom stereocenters. The van der Waals surface area contributed by atoms with Gasteiger partial charge in [-0.25, -0.2) is 0 Å². The van der Waals surface area contributed by atoms with Crippen LogP contribution in [-0.2, 0) is 0 Å². The summed E-state index contributed by atoms with van der Waals surface area (Å²) < 4.78 is 0. The van der Waals surface area contributed by atoms with Crippen molar-refractivity contribution in [3.63, 3.8) is 0 Å². The van der Waals surface area contributed by atoms with E-state index in [0.717, 1.165) is 24.3 Å². The summed E-state index contributed by atoms with van der Waals surface area (Å²) in [4.78, 5) is 2.63. The van der Waals surface area contributed by atoms with Crippen LogP contribution in [-0.4, -0.2) is 37.1 Å². The van der Waals surface area contributed by atoms with Gasteiger partial charge in [-0.05, 0) is 70.4 Å². The van der Waals surface area contributed by atoms with Crippen molar-refractivity contribution in [2.24, 2.45) is 17.8 Å². The van der Waals surface area contributed by atoms with Crippen molar-refractivity contribution in [3.05, 3.63) is 0 Å². The molecular weight excluding hydrogens is 232 g/mol. The normalized spacial score (nSPS) is 33.0. The maximum atomic E-state index is 3.72. The summed E-state index contributed by atoms with van der Waals surface area (Å²) in [6.45, 7) is 9.46. The number of hydrogen-bond acceptors (Lipinski definition) is 2.